The van der Waals surface area contributed by atoms with Crippen molar-refractivity contribution in [2.45, 2.75) is 108 Å². The van der Waals surface area contributed by atoms with E-state index in [-0.39, 0.29) is 29.3 Å². The van der Waals surface area contributed by atoms with Crippen LogP contribution in [0.2, 0.25) is 0 Å². The lowest BCUT2D eigenvalue weighted by Crippen LogP contribution is -2.69. The fourth-order valence-electron chi connectivity index (χ4n) is 8.92. The first kappa shape index (κ1) is 29.2. The normalized spacial score (nSPS) is 27.2. The zero-order valence-corrected chi connectivity index (χ0v) is 25.8. The van der Waals surface area contributed by atoms with Crippen LogP contribution in [-0.4, -0.2) is 66.4 Å². The summed E-state index contributed by atoms with van der Waals surface area (Å²) >= 11 is 0. The summed E-state index contributed by atoms with van der Waals surface area (Å²) in [4.78, 5) is 30.9. The second kappa shape index (κ2) is 12.4. The largest absolute Gasteiger partial charge is 0.493 e. The van der Waals surface area contributed by atoms with E-state index in [1.165, 1.54) is 16.7 Å². The number of ketones is 1. The van der Waals surface area contributed by atoms with Gasteiger partial charge in [-0.25, -0.2) is 0 Å². The first-order valence-electron chi connectivity index (χ1n) is 16.4. The molecule has 2 aromatic rings. The van der Waals surface area contributed by atoms with Gasteiger partial charge in [-0.3, -0.25) is 14.5 Å². The van der Waals surface area contributed by atoms with E-state index in [1.807, 2.05) is 0 Å². The predicted molar refractivity (Wildman–Crippen MR) is 165 cm³/mol. The number of methoxy groups -OCH3 is 1. The van der Waals surface area contributed by atoms with Gasteiger partial charge in [-0.2, -0.15) is 0 Å². The number of unbranched alkanes of at least 4 members (excludes halogenated alkanes) is 3. The van der Waals surface area contributed by atoms with E-state index < -0.39 is 0 Å². The van der Waals surface area contributed by atoms with Crippen LogP contribution in [0.15, 0.2) is 42.5 Å². The van der Waals surface area contributed by atoms with Crippen LogP contribution >= 0.6 is 0 Å². The average Bonchev–Trinajstić information content (AvgIpc) is 3.34. The maximum Gasteiger partial charge on any atom is 0.222 e. The van der Waals surface area contributed by atoms with E-state index in [9.17, 15) is 9.59 Å². The van der Waals surface area contributed by atoms with Crippen molar-refractivity contribution in [3.05, 3.63) is 59.2 Å². The Balaban J connectivity index is 1.24. The van der Waals surface area contributed by atoms with E-state index in [0.717, 1.165) is 88.8 Å². The average molecular weight is 573 g/mol. The van der Waals surface area contributed by atoms with Gasteiger partial charge in [0.1, 0.15) is 11.9 Å². The van der Waals surface area contributed by atoms with Crippen LogP contribution < -0.4 is 9.47 Å². The number of benzene rings is 2. The number of carbonyl (C=O) groups excluding carboxylic acids is 2. The lowest BCUT2D eigenvalue weighted by atomic mass is 9.51. The zero-order chi connectivity index (χ0) is 29.3. The van der Waals surface area contributed by atoms with Crippen molar-refractivity contribution in [3.63, 3.8) is 0 Å². The summed E-state index contributed by atoms with van der Waals surface area (Å²) in [5.41, 5.74) is 3.94. The minimum Gasteiger partial charge on any atom is -0.493 e. The van der Waals surface area contributed by atoms with Gasteiger partial charge >= 0.3 is 0 Å². The van der Waals surface area contributed by atoms with Gasteiger partial charge in [0.25, 0.3) is 0 Å². The summed E-state index contributed by atoms with van der Waals surface area (Å²) in [6, 6.07) is 15.3. The Morgan fingerprint density at radius 1 is 1.07 bits per heavy atom. The van der Waals surface area contributed by atoms with Crippen molar-refractivity contribution < 1.29 is 19.1 Å². The molecule has 0 N–H and O–H groups in total. The Morgan fingerprint density at radius 3 is 2.67 bits per heavy atom. The number of nitrogens with zero attached hydrogens (tertiary/aromatic N) is 2. The van der Waals surface area contributed by atoms with Crippen molar-refractivity contribution in [2.75, 3.05) is 26.7 Å². The van der Waals surface area contributed by atoms with Crippen molar-refractivity contribution in [3.8, 4) is 11.5 Å². The number of amides is 1. The molecule has 2 aromatic carbocycles. The van der Waals surface area contributed by atoms with Gasteiger partial charge in [0, 0.05) is 30.0 Å². The molecule has 1 saturated carbocycles. The summed E-state index contributed by atoms with van der Waals surface area (Å²) in [5.74, 6) is 2.67. The van der Waals surface area contributed by atoms with Crippen LogP contribution in [-0.2, 0) is 27.8 Å². The number of carbonyl (C=O) groups is 2. The molecule has 0 aromatic heterocycles. The summed E-state index contributed by atoms with van der Waals surface area (Å²) in [5, 5.41) is 0. The highest BCUT2D eigenvalue weighted by molar-refractivity contribution is 5.78. The van der Waals surface area contributed by atoms with Crippen molar-refractivity contribution in [1.29, 1.82) is 0 Å². The molecule has 2 bridgehead atoms. The van der Waals surface area contributed by atoms with Crippen LogP contribution in [0.3, 0.4) is 0 Å². The van der Waals surface area contributed by atoms with Gasteiger partial charge in [0.05, 0.1) is 19.7 Å². The monoisotopic (exact) mass is 572 g/mol. The van der Waals surface area contributed by atoms with Gasteiger partial charge in [-0.1, -0.05) is 56.2 Å². The molecule has 1 amide bonds. The Hall–Kier alpha value is -2.86. The lowest BCUT2D eigenvalue weighted by Gasteiger charge is -2.60. The number of hydrogen-bond donors (Lipinski definition) is 0. The Kier molecular flexibility index (Phi) is 8.63. The molecule has 2 aliphatic carbocycles. The van der Waals surface area contributed by atoms with Crippen molar-refractivity contribution in [2.24, 2.45) is 5.92 Å². The van der Waals surface area contributed by atoms with Crippen LogP contribution in [0.5, 0.6) is 11.5 Å². The molecule has 226 valence electrons. The molecule has 6 nitrogen and oxygen atoms in total. The zero-order valence-electron chi connectivity index (χ0n) is 25.8. The molecule has 1 saturated heterocycles. The smallest absolute Gasteiger partial charge is 0.222 e. The molecule has 6 heteroatoms. The van der Waals surface area contributed by atoms with E-state index in [2.05, 4.69) is 59.2 Å². The van der Waals surface area contributed by atoms with E-state index >= 15 is 0 Å². The van der Waals surface area contributed by atoms with E-state index in [4.69, 9.17) is 9.47 Å². The summed E-state index contributed by atoms with van der Waals surface area (Å²) in [6.07, 6.45) is 10.7. The third-order valence-electron chi connectivity index (χ3n) is 10.7. The SMILES string of the molecule is CCCCN(C(=O)CCCCCc1ccccc1)[C@@H]1CC[C@H]2[C@H]3Cc4ccc(OC)c5c4[C@@]2(CCN3CC(C)=O)[C@H]1O5. The number of hydrogen-bond acceptors (Lipinski definition) is 5. The quantitative estimate of drug-likeness (QED) is 0.271. The number of piperidine rings is 1. The summed E-state index contributed by atoms with van der Waals surface area (Å²) in [6.45, 7) is 6.13. The first-order valence-corrected chi connectivity index (χ1v) is 16.4. The number of Topliss-reactive ketones (excluding diaryl/α,β-unsaturated/α-hetero) is 1. The maximum absolute atomic E-state index is 14.0. The van der Waals surface area contributed by atoms with E-state index in [0.29, 0.717) is 24.9 Å². The molecule has 2 aliphatic heterocycles. The minimum absolute atomic E-state index is 0.0627. The third kappa shape index (κ3) is 5.14. The predicted octanol–water partition coefficient (Wildman–Crippen LogP) is 6.12. The Bertz CT molecular complexity index is 1280. The van der Waals surface area contributed by atoms with Crippen LogP contribution in [0.1, 0.15) is 88.3 Å². The molecule has 5 atom stereocenters. The van der Waals surface area contributed by atoms with Gasteiger partial charge in [-0.15, -0.1) is 0 Å². The molecule has 0 radical (unpaired) electrons. The Labute approximate surface area is 251 Å². The number of rotatable bonds is 13. The van der Waals surface area contributed by atoms with Crippen LogP contribution in [0, 0.1) is 5.92 Å². The van der Waals surface area contributed by atoms with Crippen LogP contribution in [0.4, 0.5) is 0 Å². The lowest BCUT2D eigenvalue weighted by molar-refractivity contribution is -0.143. The fourth-order valence-corrected chi connectivity index (χ4v) is 8.92. The topological polar surface area (TPSA) is 59.1 Å². The van der Waals surface area contributed by atoms with Gasteiger partial charge in [-0.05, 0) is 87.9 Å². The van der Waals surface area contributed by atoms with Crippen molar-refractivity contribution in [1.82, 2.24) is 9.80 Å². The number of aryl methyl sites for hydroxylation is 1. The minimum atomic E-state index is -0.126. The highest BCUT2D eigenvalue weighted by atomic mass is 16.5. The van der Waals surface area contributed by atoms with Crippen molar-refractivity contribution >= 4 is 11.7 Å². The molecule has 0 unspecified atom stereocenters. The first-order chi connectivity index (χ1) is 20.5. The van der Waals surface area contributed by atoms with Gasteiger partial charge in [0.2, 0.25) is 5.91 Å². The van der Waals surface area contributed by atoms with Crippen LogP contribution in [0.25, 0.3) is 0 Å². The number of likely N-dealkylation sites (tertiary alicyclic amines) is 1. The summed E-state index contributed by atoms with van der Waals surface area (Å²) < 4.78 is 12.9. The second-order valence-corrected chi connectivity index (χ2v) is 13.1. The molecular formula is C36H48N2O4. The molecule has 6 rings (SSSR count). The highest BCUT2D eigenvalue weighted by Crippen LogP contribution is 2.64. The molecule has 1 spiro atoms. The molecule has 2 heterocycles. The van der Waals surface area contributed by atoms with Gasteiger partial charge < -0.3 is 14.4 Å². The molecular weight excluding hydrogens is 524 g/mol. The Morgan fingerprint density at radius 2 is 1.90 bits per heavy atom. The molecule has 42 heavy (non-hydrogen) atoms. The molecule has 4 aliphatic rings. The second-order valence-electron chi connectivity index (χ2n) is 13.1. The van der Waals surface area contributed by atoms with E-state index in [1.54, 1.807) is 14.0 Å². The highest BCUT2D eigenvalue weighted by Gasteiger charge is 2.66. The third-order valence-corrected chi connectivity index (χ3v) is 10.7. The number of ether oxygens (including phenoxy) is 2. The maximum atomic E-state index is 14.0. The standard InChI is InChI=1S/C36H48N2O4/c1-4-5-21-38(32(40)15-11-7-10-14-26-12-8-6-9-13-26)29-18-17-28-30-23-27-16-19-31(41-3)34-33(27)36(28,35(29)42-34)20-22-37(30)24-25(2)39/h6,8-9,12-13,16,19,28-30,35H,4-5,7,10-11,14-15,17-18,20-24H2,1-3H3/t28-,29+,30+,35-,36-/m0/s1. The molecule has 2 fully saturated rings. The summed E-state index contributed by atoms with van der Waals surface area (Å²) in [7, 11) is 1.73. The fraction of sp³-hybridized carbons (Fsp3) is 0.611. The van der Waals surface area contributed by atoms with Gasteiger partial charge in [0.15, 0.2) is 11.5 Å².